The largest absolute Gasteiger partial charge is 0.462 e. The van der Waals surface area contributed by atoms with E-state index < -0.39 is 6.10 Å². The molecule has 0 heterocycles. The molecule has 0 aliphatic carbocycles. The molecule has 0 aromatic rings. The van der Waals surface area contributed by atoms with E-state index in [2.05, 4.69) is 57.2 Å². The number of unbranched alkanes of at least 4 members (excludes halogenated alkanes) is 52. The van der Waals surface area contributed by atoms with Crippen molar-refractivity contribution in [1.82, 2.24) is 0 Å². The Morgan fingerprint density at radius 1 is 0.244 bits per heavy atom. The molecule has 6 heteroatoms. The number of carbonyl (C=O) groups is 3. The fourth-order valence-electron chi connectivity index (χ4n) is 11.3. The Morgan fingerprint density at radius 3 is 0.683 bits per heavy atom. The monoisotopic (exact) mass is 1150 g/mol. The van der Waals surface area contributed by atoms with Gasteiger partial charge in [0.2, 0.25) is 0 Å². The van der Waals surface area contributed by atoms with E-state index in [0.29, 0.717) is 19.3 Å². The van der Waals surface area contributed by atoms with Crippen LogP contribution in [0.15, 0.2) is 36.5 Å². The van der Waals surface area contributed by atoms with Crippen molar-refractivity contribution in [3.8, 4) is 0 Å². The number of rotatable bonds is 69. The van der Waals surface area contributed by atoms with Gasteiger partial charge in [-0.1, -0.05) is 353 Å². The molecule has 6 nitrogen and oxygen atoms in total. The third-order valence-electron chi connectivity index (χ3n) is 16.9. The van der Waals surface area contributed by atoms with Crippen molar-refractivity contribution in [2.75, 3.05) is 13.2 Å². The van der Waals surface area contributed by atoms with Crippen LogP contribution in [0.25, 0.3) is 0 Å². The molecule has 82 heavy (non-hydrogen) atoms. The minimum atomic E-state index is -0.772. The maximum Gasteiger partial charge on any atom is 0.306 e. The molecule has 1 atom stereocenters. The highest BCUT2D eigenvalue weighted by atomic mass is 16.6. The van der Waals surface area contributed by atoms with Gasteiger partial charge in [0.25, 0.3) is 0 Å². The molecule has 0 saturated heterocycles. The zero-order chi connectivity index (χ0) is 59.2. The van der Waals surface area contributed by atoms with E-state index in [-0.39, 0.29) is 31.1 Å². The van der Waals surface area contributed by atoms with E-state index in [4.69, 9.17) is 14.2 Å². The van der Waals surface area contributed by atoms with Crippen LogP contribution >= 0.6 is 0 Å². The lowest BCUT2D eigenvalue weighted by Crippen LogP contribution is -2.30. The first kappa shape index (κ1) is 79.6. The number of esters is 3. The van der Waals surface area contributed by atoms with Gasteiger partial charge in [0.05, 0.1) is 0 Å². The van der Waals surface area contributed by atoms with Gasteiger partial charge in [-0.05, 0) is 77.0 Å². The van der Waals surface area contributed by atoms with Gasteiger partial charge in [-0.2, -0.15) is 0 Å². The third-order valence-corrected chi connectivity index (χ3v) is 16.9. The third kappa shape index (κ3) is 68.4. The zero-order valence-electron chi connectivity index (χ0n) is 55.5. The van der Waals surface area contributed by atoms with Crippen molar-refractivity contribution in [2.24, 2.45) is 0 Å². The summed E-state index contributed by atoms with van der Waals surface area (Å²) in [5.74, 6) is -0.839. The average Bonchev–Trinajstić information content (AvgIpc) is 3.47. The number of carbonyl (C=O) groups excluding carboxylic acids is 3. The molecule has 0 aromatic carbocycles. The summed E-state index contributed by atoms with van der Waals surface area (Å²) in [5, 5.41) is 0. The molecule has 0 rings (SSSR count). The number of hydrogen-bond donors (Lipinski definition) is 0. The van der Waals surface area contributed by atoms with E-state index in [9.17, 15) is 14.4 Å². The second-order valence-corrected chi connectivity index (χ2v) is 25.2. The maximum atomic E-state index is 13.0. The first-order valence-corrected chi connectivity index (χ1v) is 37.0. The highest BCUT2D eigenvalue weighted by molar-refractivity contribution is 5.71. The van der Waals surface area contributed by atoms with Crippen LogP contribution in [0, 0.1) is 0 Å². The Morgan fingerprint density at radius 2 is 0.439 bits per heavy atom. The van der Waals surface area contributed by atoms with Gasteiger partial charge in [0.1, 0.15) is 13.2 Å². The molecule has 0 aromatic heterocycles. The molecule has 0 aliphatic heterocycles. The highest BCUT2D eigenvalue weighted by Crippen LogP contribution is 2.19. The van der Waals surface area contributed by atoms with Crippen LogP contribution in [0.1, 0.15) is 412 Å². The summed E-state index contributed by atoms with van der Waals surface area (Å²) in [6.07, 6.45) is 88.9. The molecule has 0 spiro atoms. The summed E-state index contributed by atoms with van der Waals surface area (Å²) >= 11 is 0. The Balaban J connectivity index is 4.27. The fraction of sp³-hybridized carbons (Fsp3) is 0.882. The SMILES string of the molecule is CCCCCCC/C=C\C/C=C\CCCCCCCCCCCCCCCCCC(=O)OCC(COC(=O)CCCCCCCCC/C=C\CCCCCCCCC)OC(=O)CCCCCCCCCCCCCCCCCCCCC. The van der Waals surface area contributed by atoms with Crippen molar-refractivity contribution in [1.29, 1.82) is 0 Å². The lowest BCUT2D eigenvalue weighted by atomic mass is 10.0. The van der Waals surface area contributed by atoms with Crippen LogP contribution in [-0.4, -0.2) is 37.2 Å². The van der Waals surface area contributed by atoms with Gasteiger partial charge in [-0.3, -0.25) is 14.4 Å². The number of ether oxygens (including phenoxy) is 3. The summed E-state index contributed by atoms with van der Waals surface area (Å²) < 4.78 is 17.0. The molecule has 0 radical (unpaired) electrons. The highest BCUT2D eigenvalue weighted by Gasteiger charge is 2.19. The molecule has 0 saturated carbocycles. The van der Waals surface area contributed by atoms with E-state index in [1.165, 1.54) is 308 Å². The van der Waals surface area contributed by atoms with Gasteiger partial charge in [0, 0.05) is 19.3 Å². The maximum absolute atomic E-state index is 13.0. The molecular weight excluding hydrogens is 1010 g/mol. The lowest BCUT2D eigenvalue weighted by Gasteiger charge is -2.18. The molecular formula is C76H142O6. The van der Waals surface area contributed by atoms with Crippen LogP contribution < -0.4 is 0 Å². The zero-order valence-corrected chi connectivity index (χ0v) is 55.5. The van der Waals surface area contributed by atoms with E-state index in [1.54, 1.807) is 0 Å². The fourth-order valence-corrected chi connectivity index (χ4v) is 11.3. The van der Waals surface area contributed by atoms with E-state index in [0.717, 1.165) is 64.2 Å². The standard InChI is InChI=1S/C76H142O6/c1-4-7-10-13-16-19-22-25-28-31-34-35-36-37-38-39-40-41-43-45-48-51-54-57-60-63-66-69-75(78)81-72-73(71-80-74(77)68-65-62-59-56-53-50-47-44-33-30-27-24-21-18-15-12-9-6-3)82-76(79)70-67-64-61-58-55-52-49-46-42-32-29-26-23-20-17-14-11-8-5-2/h22,25,30-31,33-34,73H,4-21,23-24,26-29,32,35-72H2,1-3H3/b25-22-,33-30-,34-31-. The summed E-state index contributed by atoms with van der Waals surface area (Å²) in [6.45, 7) is 6.71. The van der Waals surface area contributed by atoms with Gasteiger partial charge in [-0.15, -0.1) is 0 Å². The quantitative estimate of drug-likeness (QED) is 0.0261. The lowest BCUT2D eigenvalue weighted by molar-refractivity contribution is -0.167. The topological polar surface area (TPSA) is 78.9 Å². The average molecular weight is 1150 g/mol. The van der Waals surface area contributed by atoms with Crippen LogP contribution in [0.4, 0.5) is 0 Å². The molecule has 0 amide bonds. The van der Waals surface area contributed by atoms with Gasteiger partial charge < -0.3 is 14.2 Å². The molecule has 0 fully saturated rings. The van der Waals surface area contributed by atoms with E-state index in [1.807, 2.05) is 0 Å². The second kappa shape index (κ2) is 71.1. The van der Waals surface area contributed by atoms with Gasteiger partial charge >= 0.3 is 17.9 Å². The van der Waals surface area contributed by atoms with E-state index >= 15 is 0 Å². The Bertz CT molecular complexity index is 1370. The Hall–Kier alpha value is -2.37. The molecule has 482 valence electrons. The first-order valence-electron chi connectivity index (χ1n) is 37.0. The minimum Gasteiger partial charge on any atom is -0.462 e. The summed E-state index contributed by atoms with van der Waals surface area (Å²) in [4.78, 5) is 38.5. The van der Waals surface area contributed by atoms with Crippen molar-refractivity contribution < 1.29 is 28.6 Å². The van der Waals surface area contributed by atoms with Crippen LogP contribution in [0.5, 0.6) is 0 Å². The van der Waals surface area contributed by atoms with Crippen molar-refractivity contribution in [3.05, 3.63) is 36.5 Å². The molecule has 0 bridgehead atoms. The predicted octanol–water partition coefficient (Wildman–Crippen LogP) is 25.5. The van der Waals surface area contributed by atoms with Crippen LogP contribution in [0.3, 0.4) is 0 Å². The predicted molar refractivity (Wildman–Crippen MR) is 358 cm³/mol. The van der Waals surface area contributed by atoms with Gasteiger partial charge in [-0.25, -0.2) is 0 Å². The smallest absolute Gasteiger partial charge is 0.306 e. The second-order valence-electron chi connectivity index (χ2n) is 25.2. The summed E-state index contributed by atoms with van der Waals surface area (Å²) in [5.41, 5.74) is 0. The number of hydrogen-bond acceptors (Lipinski definition) is 6. The molecule has 1 unspecified atom stereocenters. The summed E-state index contributed by atoms with van der Waals surface area (Å²) in [7, 11) is 0. The van der Waals surface area contributed by atoms with Crippen LogP contribution in [-0.2, 0) is 28.6 Å². The molecule has 0 N–H and O–H groups in total. The van der Waals surface area contributed by atoms with Crippen LogP contribution in [0.2, 0.25) is 0 Å². The summed E-state index contributed by atoms with van der Waals surface area (Å²) in [6, 6.07) is 0. The number of allylic oxidation sites excluding steroid dienone is 6. The minimum absolute atomic E-state index is 0.0678. The van der Waals surface area contributed by atoms with Gasteiger partial charge in [0.15, 0.2) is 6.10 Å². The first-order chi connectivity index (χ1) is 40.5. The Kier molecular flexibility index (Phi) is 69.1. The van der Waals surface area contributed by atoms with Crippen molar-refractivity contribution >= 4 is 17.9 Å². The van der Waals surface area contributed by atoms with Crippen molar-refractivity contribution in [3.63, 3.8) is 0 Å². The van der Waals surface area contributed by atoms with Crippen molar-refractivity contribution in [2.45, 2.75) is 419 Å². The molecule has 0 aliphatic rings. The normalized spacial score (nSPS) is 12.2. The Labute approximate surface area is 512 Å².